The molecule has 20 heavy (non-hydrogen) atoms. The van der Waals surface area contributed by atoms with Gasteiger partial charge >= 0.3 is 11.9 Å². The van der Waals surface area contributed by atoms with E-state index in [-0.39, 0.29) is 6.61 Å². The van der Waals surface area contributed by atoms with Gasteiger partial charge in [0.25, 0.3) is 0 Å². The van der Waals surface area contributed by atoms with Gasteiger partial charge in [-0.15, -0.1) is 0 Å². The molecule has 0 bridgehead atoms. The lowest BCUT2D eigenvalue weighted by molar-refractivity contribution is -0.201. The molecule has 0 spiro atoms. The number of esters is 2. The molecular weight excluding hydrogens is 256 g/mol. The van der Waals surface area contributed by atoms with Crippen LogP contribution in [0, 0.1) is 0 Å². The van der Waals surface area contributed by atoms with Crippen LogP contribution in [0.3, 0.4) is 0 Å². The smallest absolute Gasteiger partial charge is 0.346 e. The van der Waals surface area contributed by atoms with Crippen molar-refractivity contribution in [3.63, 3.8) is 0 Å². The van der Waals surface area contributed by atoms with Crippen molar-refractivity contribution in [2.45, 2.75) is 83.7 Å². The van der Waals surface area contributed by atoms with E-state index in [9.17, 15) is 9.59 Å². The molecule has 116 valence electrons. The molecule has 0 atom stereocenters. The molecule has 0 aromatic carbocycles. The van der Waals surface area contributed by atoms with E-state index in [1.54, 1.807) is 0 Å². The fourth-order valence-electron chi connectivity index (χ4n) is 2.63. The van der Waals surface area contributed by atoms with Crippen molar-refractivity contribution in [2.24, 2.45) is 0 Å². The zero-order chi connectivity index (χ0) is 14.8. The maximum Gasteiger partial charge on any atom is 0.346 e. The molecule has 0 aromatic heterocycles. The van der Waals surface area contributed by atoms with Crippen molar-refractivity contribution in [1.82, 2.24) is 0 Å². The number of rotatable bonds is 10. The molecule has 4 heteroatoms. The number of unbranched alkanes of at least 4 members (excludes halogenated alkanes) is 6. The summed E-state index contributed by atoms with van der Waals surface area (Å²) in [5.74, 6) is -1.03. The second kappa shape index (κ2) is 9.11. The molecule has 0 saturated carbocycles. The van der Waals surface area contributed by atoms with E-state index in [0.29, 0.717) is 12.8 Å². The van der Waals surface area contributed by atoms with Gasteiger partial charge in [-0.05, 0) is 25.7 Å². The number of ether oxygens (including phenoxy) is 2. The Hall–Kier alpha value is -0.900. The molecule has 4 nitrogen and oxygen atoms in total. The standard InChI is InChI=1S/C16H28O4/c1-3-5-7-9-11-16(12-10-8-6-4-2)15(18)20-14(17)13-19-16/h3-13H2,1-2H3. The molecule has 0 amide bonds. The van der Waals surface area contributed by atoms with Crippen LogP contribution in [-0.2, 0) is 19.1 Å². The van der Waals surface area contributed by atoms with Gasteiger partial charge in [-0.3, -0.25) is 0 Å². The van der Waals surface area contributed by atoms with E-state index in [4.69, 9.17) is 9.47 Å². The van der Waals surface area contributed by atoms with E-state index in [1.165, 1.54) is 12.8 Å². The molecule has 1 fully saturated rings. The number of hydrogen-bond acceptors (Lipinski definition) is 4. The molecule has 0 radical (unpaired) electrons. The summed E-state index contributed by atoms with van der Waals surface area (Å²) in [7, 11) is 0. The molecule has 0 N–H and O–H groups in total. The number of cyclic esters (lactones) is 2. The van der Waals surface area contributed by atoms with Gasteiger partial charge in [0.15, 0.2) is 5.60 Å². The average molecular weight is 284 g/mol. The second-order valence-electron chi connectivity index (χ2n) is 5.67. The van der Waals surface area contributed by atoms with E-state index in [1.807, 2.05) is 0 Å². The van der Waals surface area contributed by atoms with Gasteiger partial charge < -0.3 is 9.47 Å². The summed E-state index contributed by atoms with van der Waals surface area (Å²) >= 11 is 0. The summed E-state index contributed by atoms with van der Waals surface area (Å²) < 4.78 is 10.4. The summed E-state index contributed by atoms with van der Waals surface area (Å²) in [6, 6.07) is 0. The third kappa shape index (κ3) is 5.23. The topological polar surface area (TPSA) is 52.6 Å². The lowest BCUT2D eigenvalue weighted by Crippen LogP contribution is -2.49. The quantitative estimate of drug-likeness (QED) is 0.348. The Morgan fingerprint density at radius 3 is 1.90 bits per heavy atom. The average Bonchev–Trinajstić information content (AvgIpc) is 2.43. The Labute approximate surface area is 122 Å². The first-order valence-electron chi connectivity index (χ1n) is 8.03. The predicted octanol–water partition coefficient (Wildman–Crippen LogP) is 3.77. The van der Waals surface area contributed by atoms with Gasteiger partial charge in [0.2, 0.25) is 0 Å². The summed E-state index contributed by atoms with van der Waals surface area (Å²) in [5, 5.41) is 0. The Morgan fingerprint density at radius 1 is 0.900 bits per heavy atom. The molecule has 1 aliphatic rings. The van der Waals surface area contributed by atoms with Gasteiger partial charge in [0.1, 0.15) is 6.61 Å². The largest absolute Gasteiger partial charge is 0.389 e. The number of hydrogen-bond donors (Lipinski definition) is 0. The normalized spacial score (nSPS) is 18.1. The first-order chi connectivity index (χ1) is 9.64. The van der Waals surface area contributed by atoms with Crippen LogP contribution in [0.25, 0.3) is 0 Å². The SMILES string of the molecule is CCCCCCC1(CCCCCC)OCC(=O)OC1=O. The van der Waals surface area contributed by atoms with Crippen molar-refractivity contribution in [2.75, 3.05) is 6.61 Å². The molecule has 1 rings (SSSR count). The summed E-state index contributed by atoms with van der Waals surface area (Å²) in [6.07, 6.45) is 10.1. The summed E-state index contributed by atoms with van der Waals surface area (Å²) in [4.78, 5) is 23.2. The predicted molar refractivity (Wildman–Crippen MR) is 77.3 cm³/mol. The van der Waals surface area contributed by atoms with E-state index in [0.717, 1.165) is 38.5 Å². The van der Waals surface area contributed by atoms with Crippen molar-refractivity contribution in [1.29, 1.82) is 0 Å². The van der Waals surface area contributed by atoms with Crippen molar-refractivity contribution >= 4 is 11.9 Å². The Morgan fingerprint density at radius 2 is 1.45 bits per heavy atom. The Balaban J connectivity index is 2.52. The first-order valence-corrected chi connectivity index (χ1v) is 8.03. The summed E-state index contributed by atoms with van der Waals surface area (Å²) in [5.41, 5.74) is -0.866. The third-order valence-corrected chi connectivity index (χ3v) is 3.91. The lowest BCUT2D eigenvalue weighted by Gasteiger charge is -2.34. The maximum absolute atomic E-state index is 12.1. The van der Waals surface area contributed by atoms with E-state index in [2.05, 4.69) is 13.8 Å². The van der Waals surface area contributed by atoms with Gasteiger partial charge in [-0.2, -0.15) is 0 Å². The van der Waals surface area contributed by atoms with Crippen molar-refractivity contribution in [3.05, 3.63) is 0 Å². The molecule has 0 unspecified atom stereocenters. The minimum absolute atomic E-state index is 0.0900. The van der Waals surface area contributed by atoms with Gasteiger partial charge in [0, 0.05) is 0 Å². The van der Waals surface area contributed by atoms with E-state index >= 15 is 0 Å². The van der Waals surface area contributed by atoms with Crippen LogP contribution in [0.5, 0.6) is 0 Å². The lowest BCUT2D eigenvalue weighted by atomic mass is 9.89. The van der Waals surface area contributed by atoms with Crippen LogP contribution in [-0.4, -0.2) is 24.1 Å². The maximum atomic E-state index is 12.1. The van der Waals surface area contributed by atoms with Crippen LogP contribution < -0.4 is 0 Å². The van der Waals surface area contributed by atoms with Crippen LogP contribution in [0.4, 0.5) is 0 Å². The minimum Gasteiger partial charge on any atom is -0.389 e. The minimum atomic E-state index is -0.866. The second-order valence-corrected chi connectivity index (χ2v) is 5.67. The highest BCUT2D eigenvalue weighted by atomic mass is 16.6. The number of carbonyl (C=O) groups excluding carboxylic acids is 2. The fraction of sp³-hybridized carbons (Fsp3) is 0.875. The Kier molecular flexibility index (Phi) is 7.82. The zero-order valence-corrected chi connectivity index (χ0v) is 12.9. The van der Waals surface area contributed by atoms with Crippen LogP contribution in [0.15, 0.2) is 0 Å². The van der Waals surface area contributed by atoms with Gasteiger partial charge in [-0.25, -0.2) is 9.59 Å². The van der Waals surface area contributed by atoms with Crippen molar-refractivity contribution < 1.29 is 19.1 Å². The van der Waals surface area contributed by atoms with Crippen molar-refractivity contribution in [3.8, 4) is 0 Å². The molecule has 1 aliphatic heterocycles. The van der Waals surface area contributed by atoms with E-state index < -0.39 is 17.5 Å². The molecule has 1 saturated heterocycles. The van der Waals surface area contributed by atoms with Gasteiger partial charge in [0.05, 0.1) is 0 Å². The summed E-state index contributed by atoms with van der Waals surface area (Å²) in [6.45, 7) is 4.22. The Bertz CT molecular complexity index is 300. The highest BCUT2D eigenvalue weighted by Crippen LogP contribution is 2.31. The fourth-order valence-corrected chi connectivity index (χ4v) is 2.63. The monoisotopic (exact) mass is 284 g/mol. The van der Waals surface area contributed by atoms with Crippen LogP contribution in [0.1, 0.15) is 78.1 Å². The highest BCUT2D eigenvalue weighted by molar-refractivity contribution is 5.93. The molecule has 0 aromatic rings. The first kappa shape index (κ1) is 17.2. The number of carbonyl (C=O) groups is 2. The molecule has 1 heterocycles. The van der Waals surface area contributed by atoms with Crippen LogP contribution in [0.2, 0.25) is 0 Å². The molecular formula is C16H28O4. The molecule has 0 aliphatic carbocycles. The van der Waals surface area contributed by atoms with Gasteiger partial charge in [-0.1, -0.05) is 52.4 Å². The third-order valence-electron chi connectivity index (χ3n) is 3.91. The highest BCUT2D eigenvalue weighted by Gasteiger charge is 2.45. The van der Waals surface area contributed by atoms with Crippen LogP contribution >= 0.6 is 0 Å². The zero-order valence-electron chi connectivity index (χ0n) is 12.9.